The van der Waals surface area contributed by atoms with Crippen molar-refractivity contribution in [1.82, 2.24) is 4.57 Å². The highest BCUT2D eigenvalue weighted by molar-refractivity contribution is 6.11. The topological polar surface area (TPSA) is 21.3 Å². The summed E-state index contributed by atoms with van der Waals surface area (Å²) >= 11 is 0. The van der Waals surface area contributed by atoms with E-state index < -0.39 is 0 Å². The van der Waals surface area contributed by atoms with Gasteiger partial charge in [0.05, 0.1) is 11.0 Å². The second kappa shape index (κ2) is 12.0. The van der Waals surface area contributed by atoms with Crippen molar-refractivity contribution in [2.24, 2.45) is 0 Å². The number of benzene rings is 7. The van der Waals surface area contributed by atoms with E-state index in [4.69, 9.17) is 4.42 Å². The van der Waals surface area contributed by atoms with E-state index in [1.165, 1.54) is 87.4 Å². The van der Waals surface area contributed by atoms with Crippen molar-refractivity contribution in [3.05, 3.63) is 168 Å². The van der Waals surface area contributed by atoms with E-state index in [1.807, 2.05) is 6.07 Å². The second-order valence-electron chi connectivity index (χ2n) is 16.0. The fourth-order valence-electron chi connectivity index (χ4n) is 9.84. The average molecular weight is 699 g/mol. The quantitative estimate of drug-likeness (QED) is 0.178. The van der Waals surface area contributed by atoms with E-state index in [2.05, 4.69) is 169 Å². The van der Waals surface area contributed by atoms with Crippen LogP contribution in [0, 0.1) is 0 Å². The molecule has 262 valence electrons. The number of hydrogen-bond acceptors (Lipinski definition) is 2. The molecule has 0 spiro atoms. The molecule has 0 saturated heterocycles. The van der Waals surface area contributed by atoms with Crippen molar-refractivity contribution < 1.29 is 4.42 Å². The number of furan rings is 1. The molecule has 2 aromatic heterocycles. The third-order valence-electron chi connectivity index (χ3n) is 12.6. The molecular formula is C51H42N2O. The van der Waals surface area contributed by atoms with Gasteiger partial charge in [0.15, 0.2) is 0 Å². The Bertz CT molecular complexity index is 2900. The minimum Gasteiger partial charge on any atom is -0.456 e. The summed E-state index contributed by atoms with van der Waals surface area (Å²) in [7, 11) is 0. The Hall–Kier alpha value is -6.06. The predicted molar refractivity (Wildman–Crippen MR) is 226 cm³/mol. The van der Waals surface area contributed by atoms with Gasteiger partial charge in [-0.25, -0.2) is 0 Å². The van der Waals surface area contributed by atoms with Gasteiger partial charge in [0.2, 0.25) is 0 Å². The van der Waals surface area contributed by atoms with Crippen LogP contribution >= 0.6 is 0 Å². The first-order chi connectivity index (χ1) is 26.5. The van der Waals surface area contributed by atoms with E-state index in [-0.39, 0.29) is 5.41 Å². The smallest absolute Gasteiger partial charge is 0.137 e. The van der Waals surface area contributed by atoms with Gasteiger partial charge in [-0.3, -0.25) is 0 Å². The van der Waals surface area contributed by atoms with E-state index in [9.17, 15) is 0 Å². The Kier molecular flexibility index (Phi) is 6.98. The van der Waals surface area contributed by atoms with Crippen LogP contribution in [0.3, 0.4) is 0 Å². The molecule has 1 saturated carbocycles. The Balaban J connectivity index is 1.14. The number of aromatic nitrogens is 1. The van der Waals surface area contributed by atoms with Gasteiger partial charge in [0.1, 0.15) is 11.2 Å². The van der Waals surface area contributed by atoms with Crippen LogP contribution in [-0.4, -0.2) is 4.57 Å². The van der Waals surface area contributed by atoms with Gasteiger partial charge in [-0.05, 0) is 113 Å². The molecule has 0 amide bonds. The lowest BCUT2D eigenvalue weighted by atomic mass is 9.82. The van der Waals surface area contributed by atoms with Crippen LogP contribution in [0.1, 0.15) is 68.6 Å². The molecule has 11 rings (SSSR count). The maximum atomic E-state index is 6.48. The molecule has 2 aliphatic carbocycles. The zero-order valence-electron chi connectivity index (χ0n) is 30.8. The zero-order chi connectivity index (χ0) is 36.0. The lowest BCUT2D eigenvalue weighted by molar-refractivity contribution is 0.444. The lowest BCUT2D eigenvalue weighted by Crippen LogP contribution is -2.16. The van der Waals surface area contributed by atoms with Crippen LogP contribution in [-0.2, 0) is 5.41 Å². The molecule has 0 aliphatic heterocycles. The number of fused-ring (bicyclic) bond motifs is 9. The fraction of sp³-hybridized carbons (Fsp3) is 0.176. The molecule has 3 heteroatoms. The lowest BCUT2D eigenvalue weighted by Gasteiger charge is -2.28. The van der Waals surface area contributed by atoms with Crippen molar-refractivity contribution in [2.75, 3.05) is 4.90 Å². The van der Waals surface area contributed by atoms with E-state index in [1.54, 1.807) is 0 Å². The van der Waals surface area contributed by atoms with Crippen LogP contribution in [0.15, 0.2) is 156 Å². The highest BCUT2D eigenvalue weighted by Crippen LogP contribution is 2.51. The molecule has 1 fully saturated rings. The molecule has 0 atom stereocenters. The third-order valence-corrected chi connectivity index (χ3v) is 12.6. The first-order valence-corrected chi connectivity index (χ1v) is 19.6. The highest BCUT2D eigenvalue weighted by atomic mass is 16.3. The Morgan fingerprint density at radius 3 is 2.09 bits per heavy atom. The van der Waals surface area contributed by atoms with Gasteiger partial charge >= 0.3 is 0 Å². The number of anilines is 3. The molecule has 0 radical (unpaired) electrons. The van der Waals surface area contributed by atoms with Crippen LogP contribution in [0.4, 0.5) is 17.1 Å². The molecule has 9 aromatic rings. The fourth-order valence-corrected chi connectivity index (χ4v) is 9.84. The molecule has 0 bridgehead atoms. The third kappa shape index (κ3) is 4.74. The molecule has 2 heterocycles. The summed E-state index contributed by atoms with van der Waals surface area (Å²) in [5.41, 5.74) is 15.6. The van der Waals surface area contributed by atoms with Crippen molar-refractivity contribution in [1.29, 1.82) is 0 Å². The van der Waals surface area contributed by atoms with Gasteiger partial charge in [-0.1, -0.05) is 112 Å². The first-order valence-electron chi connectivity index (χ1n) is 19.6. The molecule has 0 N–H and O–H groups in total. The molecule has 54 heavy (non-hydrogen) atoms. The summed E-state index contributed by atoms with van der Waals surface area (Å²) in [6.45, 7) is 4.72. The number of hydrogen-bond donors (Lipinski definition) is 0. The van der Waals surface area contributed by atoms with Crippen LogP contribution < -0.4 is 4.90 Å². The maximum absolute atomic E-state index is 6.48. The summed E-state index contributed by atoms with van der Waals surface area (Å²) in [5, 5.41) is 4.82. The van der Waals surface area contributed by atoms with Gasteiger partial charge in [0.25, 0.3) is 0 Å². The zero-order valence-corrected chi connectivity index (χ0v) is 30.8. The summed E-state index contributed by atoms with van der Waals surface area (Å²) in [6, 6.07) is 56.2. The average Bonchev–Trinajstić information content (AvgIpc) is 3.83. The minimum absolute atomic E-state index is 0.112. The summed E-state index contributed by atoms with van der Waals surface area (Å²) < 4.78 is 8.95. The Morgan fingerprint density at radius 1 is 0.519 bits per heavy atom. The van der Waals surface area contributed by atoms with E-state index in [0.717, 1.165) is 39.0 Å². The van der Waals surface area contributed by atoms with Crippen molar-refractivity contribution >= 4 is 60.8 Å². The van der Waals surface area contributed by atoms with Crippen molar-refractivity contribution in [3.63, 3.8) is 0 Å². The molecule has 0 unspecified atom stereocenters. The van der Waals surface area contributed by atoms with Crippen molar-refractivity contribution in [3.8, 4) is 16.8 Å². The van der Waals surface area contributed by atoms with Gasteiger partial charge < -0.3 is 13.9 Å². The van der Waals surface area contributed by atoms with Crippen LogP contribution in [0.5, 0.6) is 0 Å². The second-order valence-corrected chi connectivity index (χ2v) is 16.0. The largest absolute Gasteiger partial charge is 0.456 e. The SMILES string of the molecule is CC1(C)c2ccccc2-c2ccc(N(c3ccc4c(c3)oc3ccccc34)c3ccc4c(c3)c3ccc(C5CCCCC5)cc3n4-c3ccccc3)cc21. The Morgan fingerprint density at radius 2 is 1.20 bits per heavy atom. The molecule has 7 aromatic carbocycles. The minimum atomic E-state index is -0.112. The summed E-state index contributed by atoms with van der Waals surface area (Å²) in [6.07, 6.45) is 6.59. The Labute approximate surface area is 316 Å². The normalized spacial score (nSPS) is 15.3. The number of rotatable bonds is 5. The summed E-state index contributed by atoms with van der Waals surface area (Å²) in [4.78, 5) is 2.42. The monoisotopic (exact) mass is 698 g/mol. The van der Waals surface area contributed by atoms with E-state index in [0.29, 0.717) is 5.92 Å². The number of nitrogens with zero attached hydrogens (tertiary/aromatic N) is 2. The standard InChI is InChI=1S/C51H42N2O/c1-51(2)45-19-11-9-17-39(45)40-26-22-37(31-46(40)51)52(38-23-27-43-42-18-10-12-20-49(42)54-50(43)32-38)36-24-28-47-44(30-36)41-25-21-34(33-13-5-3-6-14-33)29-48(41)53(47)35-15-7-4-8-16-35/h4,7-12,15-33H,3,5-6,13-14H2,1-2H3. The van der Waals surface area contributed by atoms with E-state index >= 15 is 0 Å². The van der Waals surface area contributed by atoms with Crippen LogP contribution in [0.25, 0.3) is 60.6 Å². The maximum Gasteiger partial charge on any atom is 0.137 e. The number of para-hydroxylation sites is 2. The van der Waals surface area contributed by atoms with Gasteiger partial charge in [0, 0.05) is 55.8 Å². The predicted octanol–water partition coefficient (Wildman–Crippen LogP) is 14.5. The first kappa shape index (κ1) is 31.5. The van der Waals surface area contributed by atoms with Crippen LogP contribution in [0.2, 0.25) is 0 Å². The molecule has 3 nitrogen and oxygen atoms in total. The summed E-state index contributed by atoms with van der Waals surface area (Å²) in [5.74, 6) is 0.639. The van der Waals surface area contributed by atoms with Crippen molar-refractivity contribution in [2.45, 2.75) is 57.3 Å². The molecule has 2 aliphatic rings. The highest BCUT2D eigenvalue weighted by Gasteiger charge is 2.36. The van der Waals surface area contributed by atoms with Gasteiger partial charge in [-0.15, -0.1) is 0 Å². The molecular weight excluding hydrogens is 657 g/mol. The van der Waals surface area contributed by atoms with Gasteiger partial charge in [-0.2, -0.15) is 0 Å².